The molecule has 2 N–H and O–H groups in total. The molecule has 2 aromatic carbocycles. The van der Waals surface area contributed by atoms with Crippen molar-refractivity contribution in [3.8, 4) is 22.7 Å². The molecular formula is C23H18N6O. The van der Waals surface area contributed by atoms with Gasteiger partial charge in [-0.3, -0.25) is 4.98 Å². The van der Waals surface area contributed by atoms with Crippen molar-refractivity contribution in [2.75, 3.05) is 5.32 Å². The van der Waals surface area contributed by atoms with E-state index in [1.54, 1.807) is 0 Å². The number of anilines is 2. The maximum atomic E-state index is 5.83. The number of nitrogens with one attached hydrogen (secondary N) is 2. The van der Waals surface area contributed by atoms with Crippen molar-refractivity contribution in [3.63, 3.8) is 0 Å². The predicted molar refractivity (Wildman–Crippen MR) is 114 cm³/mol. The van der Waals surface area contributed by atoms with Crippen molar-refractivity contribution in [2.24, 2.45) is 0 Å². The van der Waals surface area contributed by atoms with E-state index in [1.807, 2.05) is 67.1 Å². The summed E-state index contributed by atoms with van der Waals surface area (Å²) in [5, 5.41) is 12.5. The lowest BCUT2D eigenvalue weighted by Crippen LogP contribution is -1.91. The van der Waals surface area contributed by atoms with Crippen molar-refractivity contribution in [2.45, 2.75) is 18.8 Å². The fourth-order valence-corrected chi connectivity index (χ4v) is 3.59. The van der Waals surface area contributed by atoms with Gasteiger partial charge in [0.15, 0.2) is 0 Å². The highest BCUT2D eigenvalue weighted by atomic mass is 16.4. The summed E-state index contributed by atoms with van der Waals surface area (Å²) in [4.78, 5) is 12.6. The normalized spacial score (nSPS) is 13.6. The third kappa shape index (κ3) is 3.10. The molecule has 1 aliphatic carbocycles. The molecule has 6 rings (SSSR count). The first kappa shape index (κ1) is 16.9. The summed E-state index contributed by atoms with van der Waals surface area (Å²) < 4.78 is 5.83. The van der Waals surface area contributed by atoms with E-state index in [1.165, 1.54) is 12.8 Å². The Hall–Kier alpha value is -4.00. The highest BCUT2D eigenvalue weighted by Crippen LogP contribution is 2.39. The summed E-state index contributed by atoms with van der Waals surface area (Å²) in [5.41, 5.74) is 5.73. The van der Waals surface area contributed by atoms with E-state index in [4.69, 9.17) is 9.40 Å². The van der Waals surface area contributed by atoms with Crippen LogP contribution in [0.15, 0.2) is 71.5 Å². The summed E-state index contributed by atoms with van der Waals surface area (Å²) in [6.07, 6.45) is 8.07. The van der Waals surface area contributed by atoms with E-state index in [-0.39, 0.29) is 0 Å². The first-order valence-corrected chi connectivity index (χ1v) is 9.93. The van der Waals surface area contributed by atoms with Gasteiger partial charge >= 0.3 is 6.01 Å². The Kier molecular flexibility index (Phi) is 3.84. The van der Waals surface area contributed by atoms with Gasteiger partial charge in [-0.1, -0.05) is 23.3 Å². The van der Waals surface area contributed by atoms with E-state index in [2.05, 4.69) is 25.5 Å². The predicted octanol–water partition coefficient (Wildman–Crippen LogP) is 5.30. The standard InChI is InChI=1S/C23H18N6O/c1-2-4-16(5-3-1)26-23-29-28-22(30-23)15-8-9-19-17(10-15)18(11-25-19)21-13-24-12-20(27-21)14-6-7-14/h1-5,8-14,25H,6-7H2,(H,26,29). The average molecular weight is 394 g/mol. The first-order valence-electron chi connectivity index (χ1n) is 9.93. The van der Waals surface area contributed by atoms with Crippen LogP contribution in [0.3, 0.4) is 0 Å². The van der Waals surface area contributed by atoms with Gasteiger partial charge in [0.2, 0.25) is 5.89 Å². The van der Waals surface area contributed by atoms with Crippen LogP contribution in [0.5, 0.6) is 0 Å². The van der Waals surface area contributed by atoms with Gasteiger partial charge in [-0.05, 0) is 43.2 Å². The monoisotopic (exact) mass is 394 g/mol. The molecule has 0 unspecified atom stereocenters. The number of H-pyrrole nitrogens is 1. The molecule has 0 radical (unpaired) electrons. The maximum absolute atomic E-state index is 5.83. The zero-order valence-corrected chi connectivity index (χ0v) is 16.0. The van der Waals surface area contributed by atoms with Crippen LogP contribution in [-0.2, 0) is 0 Å². The molecule has 1 fully saturated rings. The quantitative estimate of drug-likeness (QED) is 0.420. The smallest absolute Gasteiger partial charge is 0.320 e. The highest BCUT2D eigenvalue weighted by Gasteiger charge is 2.25. The zero-order chi connectivity index (χ0) is 19.9. The molecule has 0 amide bonds. The molecule has 1 aliphatic rings. The second-order valence-corrected chi connectivity index (χ2v) is 7.47. The Morgan fingerprint density at radius 3 is 2.77 bits per heavy atom. The Balaban J connectivity index is 1.35. The van der Waals surface area contributed by atoms with Gasteiger partial charge in [-0.2, -0.15) is 0 Å². The first-order chi connectivity index (χ1) is 14.8. The van der Waals surface area contributed by atoms with Crippen molar-refractivity contribution in [3.05, 3.63) is 72.8 Å². The fourth-order valence-electron chi connectivity index (χ4n) is 3.59. The third-order valence-corrected chi connectivity index (χ3v) is 5.30. The van der Waals surface area contributed by atoms with Gasteiger partial charge < -0.3 is 14.7 Å². The van der Waals surface area contributed by atoms with Gasteiger partial charge in [-0.15, -0.1) is 5.10 Å². The molecule has 5 aromatic rings. The van der Waals surface area contributed by atoms with Crippen LogP contribution in [0.4, 0.5) is 11.7 Å². The molecule has 1 saturated carbocycles. The Morgan fingerprint density at radius 1 is 1.00 bits per heavy atom. The average Bonchev–Trinajstić information content (AvgIpc) is 3.40. The number of benzene rings is 2. The Morgan fingerprint density at radius 2 is 1.90 bits per heavy atom. The minimum Gasteiger partial charge on any atom is -0.403 e. The summed E-state index contributed by atoms with van der Waals surface area (Å²) >= 11 is 0. The van der Waals surface area contributed by atoms with Gasteiger partial charge in [0, 0.05) is 46.0 Å². The molecule has 0 spiro atoms. The molecule has 0 bridgehead atoms. The minimum atomic E-state index is 0.355. The summed E-state index contributed by atoms with van der Waals surface area (Å²) in [7, 11) is 0. The van der Waals surface area contributed by atoms with Crippen molar-refractivity contribution < 1.29 is 4.42 Å². The Bertz CT molecular complexity index is 1340. The summed E-state index contributed by atoms with van der Waals surface area (Å²) in [6, 6.07) is 16.1. The largest absolute Gasteiger partial charge is 0.403 e. The van der Waals surface area contributed by atoms with Crippen molar-refractivity contribution in [1.82, 2.24) is 25.1 Å². The van der Waals surface area contributed by atoms with Crippen molar-refractivity contribution in [1.29, 1.82) is 0 Å². The second kappa shape index (κ2) is 6.81. The minimum absolute atomic E-state index is 0.355. The van der Waals surface area contributed by atoms with Gasteiger partial charge in [0.05, 0.1) is 17.6 Å². The molecule has 30 heavy (non-hydrogen) atoms. The zero-order valence-electron chi connectivity index (χ0n) is 16.0. The summed E-state index contributed by atoms with van der Waals surface area (Å²) in [6.45, 7) is 0. The molecule has 0 aliphatic heterocycles. The van der Waals surface area contributed by atoms with Crippen LogP contribution in [-0.4, -0.2) is 25.1 Å². The van der Waals surface area contributed by atoms with Gasteiger partial charge in [0.25, 0.3) is 0 Å². The molecule has 7 heteroatoms. The Labute approximate surface area is 172 Å². The van der Waals surface area contributed by atoms with E-state index in [9.17, 15) is 0 Å². The lowest BCUT2D eigenvalue weighted by Gasteiger charge is -2.03. The van der Waals surface area contributed by atoms with Gasteiger partial charge in [0.1, 0.15) is 0 Å². The van der Waals surface area contributed by atoms with E-state index < -0.39 is 0 Å². The fraction of sp³-hybridized carbons (Fsp3) is 0.130. The number of aromatic amines is 1. The van der Waals surface area contributed by atoms with Crippen LogP contribution in [0, 0.1) is 0 Å². The van der Waals surface area contributed by atoms with Crippen LogP contribution in [0.1, 0.15) is 24.5 Å². The van der Waals surface area contributed by atoms with Crippen LogP contribution in [0.2, 0.25) is 0 Å². The molecule has 3 heterocycles. The summed E-state index contributed by atoms with van der Waals surface area (Å²) in [5.74, 6) is 1.02. The molecule has 146 valence electrons. The molecule has 0 atom stereocenters. The topological polar surface area (TPSA) is 92.5 Å². The number of hydrogen-bond donors (Lipinski definition) is 2. The SMILES string of the molecule is c1ccc(Nc2nnc(-c3ccc4[nH]cc(-c5cncc(C6CC6)n5)c4c3)o2)cc1. The number of para-hydroxylation sites is 1. The molecule has 7 nitrogen and oxygen atoms in total. The number of hydrogen-bond acceptors (Lipinski definition) is 6. The van der Waals surface area contributed by atoms with E-state index >= 15 is 0 Å². The maximum Gasteiger partial charge on any atom is 0.320 e. The second-order valence-electron chi connectivity index (χ2n) is 7.47. The van der Waals surface area contributed by atoms with E-state index in [0.717, 1.165) is 39.1 Å². The molecule has 0 saturated heterocycles. The van der Waals surface area contributed by atoms with Gasteiger partial charge in [-0.25, -0.2) is 4.98 Å². The lowest BCUT2D eigenvalue weighted by molar-refractivity contribution is 0.588. The highest BCUT2D eigenvalue weighted by molar-refractivity contribution is 5.96. The third-order valence-electron chi connectivity index (χ3n) is 5.30. The number of aromatic nitrogens is 5. The van der Waals surface area contributed by atoms with E-state index in [0.29, 0.717) is 17.8 Å². The van der Waals surface area contributed by atoms with Crippen LogP contribution >= 0.6 is 0 Å². The molecule has 3 aromatic heterocycles. The van der Waals surface area contributed by atoms with Crippen molar-refractivity contribution >= 4 is 22.6 Å². The number of nitrogens with zero attached hydrogens (tertiary/aromatic N) is 4. The lowest BCUT2D eigenvalue weighted by atomic mass is 10.1. The molecular weight excluding hydrogens is 376 g/mol. The number of rotatable bonds is 5. The van der Waals surface area contributed by atoms with Crippen LogP contribution < -0.4 is 5.32 Å². The number of fused-ring (bicyclic) bond motifs is 1. The van der Waals surface area contributed by atoms with Crippen LogP contribution in [0.25, 0.3) is 33.6 Å².